The summed E-state index contributed by atoms with van der Waals surface area (Å²) in [7, 11) is 0. The van der Waals surface area contributed by atoms with E-state index in [2.05, 4.69) is 54.7 Å². The highest BCUT2D eigenvalue weighted by Crippen LogP contribution is 2.37. The summed E-state index contributed by atoms with van der Waals surface area (Å²) in [5.74, 6) is 0.701. The van der Waals surface area contributed by atoms with Gasteiger partial charge in [0.15, 0.2) is 0 Å². The number of nitriles is 1. The molecule has 0 radical (unpaired) electrons. The highest BCUT2D eigenvalue weighted by atomic mass is 15.0. The van der Waals surface area contributed by atoms with Crippen molar-refractivity contribution >= 4 is 5.82 Å². The van der Waals surface area contributed by atoms with E-state index in [1.54, 1.807) is 0 Å². The quantitative estimate of drug-likeness (QED) is 0.725. The predicted octanol–water partition coefficient (Wildman–Crippen LogP) is 5.03. The molecule has 1 aliphatic rings. The van der Waals surface area contributed by atoms with Gasteiger partial charge < -0.3 is 5.32 Å². The summed E-state index contributed by atoms with van der Waals surface area (Å²) in [6.07, 6.45) is 3.09. The number of anilines is 1. The lowest BCUT2D eigenvalue weighted by Crippen LogP contribution is -2.07. The molecule has 0 saturated heterocycles. The first kappa shape index (κ1) is 16.4. The van der Waals surface area contributed by atoms with Gasteiger partial charge in [-0.25, -0.2) is 4.98 Å². The van der Waals surface area contributed by atoms with Crippen molar-refractivity contribution in [1.82, 2.24) is 4.98 Å². The summed E-state index contributed by atoms with van der Waals surface area (Å²) in [4.78, 5) is 4.81. The zero-order valence-electron chi connectivity index (χ0n) is 14.9. The molecule has 0 spiro atoms. The first-order chi connectivity index (χ1) is 12.8. The maximum atomic E-state index is 9.91. The lowest BCUT2D eigenvalue weighted by atomic mass is 9.94. The minimum Gasteiger partial charge on any atom is -0.365 e. The van der Waals surface area contributed by atoms with E-state index in [1.807, 2.05) is 18.2 Å². The number of nitrogens with zero attached hydrogens (tertiary/aromatic N) is 2. The second-order valence-electron chi connectivity index (χ2n) is 6.81. The smallest absolute Gasteiger partial charge is 0.145 e. The van der Waals surface area contributed by atoms with Crippen LogP contribution in [0.5, 0.6) is 0 Å². The molecule has 3 nitrogen and oxygen atoms in total. The number of rotatable bonds is 4. The monoisotopic (exact) mass is 339 g/mol. The van der Waals surface area contributed by atoms with Crippen LogP contribution in [0.15, 0.2) is 54.6 Å². The number of nitrogens with one attached hydrogen (secondary N) is 1. The largest absolute Gasteiger partial charge is 0.365 e. The van der Waals surface area contributed by atoms with E-state index in [4.69, 9.17) is 4.98 Å². The van der Waals surface area contributed by atoms with E-state index in [-0.39, 0.29) is 0 Å². The van der Waals surface area contributed by atoms with Crippen molar-refractivity contribution in [1.29, 1.82) is 5.26 Å². The van der Waals surface area contributed by atoms with Crippen LogP contribution in [-0.2, 0) is 19.4 Å². The summed E-state index contributed by atoms with van der Waals surface area (Å²) in [5.41, 5.74) is 7.60. The SMILES string of the molecule is Cc1ccc(-c2c(C#N)c(NCc3ccccc3)nc3c2CCC3)cc1. The lowest BCUT2D eigenvalue weighted by molar-refractivity contribution is 0.899. The zero-order chi connectivity index (χ0) is 17.9. The molecule has 128 valence electrons. The first-order valence-corrected chi connectivity index (χ1v) is 9.07. The van der Waals surface area contributed by atoms with Gasteiger partial charge in [0, 0.05) is 17.8 Å². The van der Waals surface area contributed by atoms with Crippen molar-refractivity contribution in [3.05, 3.63) is 82.5 Å². The molecule has 26 heavy (non-hydrogen) atoms. The highest BCUT2D eigenvalue weighted by molar-refractivity contribution is 5.80. The molecule has 1 aromatic heterocycles. The van der Waals surface area contributed by atoms with E-state index < -0.39 is 0 Å². The van der Waals surface area contributed by atoms with Crippen LogP contribution in [0.1, 0.15) is 34.4 Å². The maximum Gasteiger partial charge on any atom is 0.145 e. The third kappa shape index (κ3) is 3.07. The number of pyridine rings is 1. The Hall–Kier alpha value is -3.12. The van der Waals surface area contributed by atoms with Gasteiger partial charge in [0.05, 0.1) is 0 Å². The molecule has 0 fully saturated rings. The van der Waals surface area contributed by atoms with Crippen LogP contribution in [0.2, 0.25) is 0 Å². The number of aromatic nitrogens is 1. The van der Waals surface area contributed by atoms with E-state index in [0.29, 0.717) is 17.9 Å². The van der Waals surface area contributed by atoms with Crippen molar-refractivity contribution < 1.29 is 0 Å². The maximum absolute atomic E-state index is 9.91. The topological polar surface area (TPSA) is 48.7 Å². The number of hydrogen-bond acceptors (Lipinski definition) is 3. The molecule has 1 N–H and O–H groups in total. The Morgan fingerprint density at radius 3 is 2.54 bits per heavy atom. The molecule has 1 aliphatic carbocycles. The molecule has 0 amide bonds. The standard InChI is InChI=1S/C23H21N3/c1-16-10-12-18(13-11-16)22-19-8-5-9-21(19)26-23(20(22)14-24)25-15-17-6-3-2-4-7-17/h2-4,6-7,10-13H,5,8-9,15H2,1H3,(H,25,26). The third-order valence-electron chi connectivity index (χ3n) is 4.98. The van der Waals surface area contributed by atoms with Crippen molar-refractivity contribution in [2.24, 2.45) is 0 Å². The van der Waals surface area contributed by atoms with Crippen LogP contribution >= 0.6 is 0 Å². The Balaban J connectivity index is 1.79. The first-order valence-electron chi connectivity index (χ1n) is 9.07. The van der Waals surface area contributed by atoms with Gasteiger partial charge in [0.2, 0.25) is 0 Å². The Kier molecular flexibility index (Phi) is 4.41. The summed E-state index contributed by atoms with van der Waals surface area (Å²) in [6.45, 7) is 2.74. The summed E-state index contributed by atoms with van der Waals surface area (Å²) < 4.78 is 0. The average Bonchev–Trinajstić information content (AvgIpc) is 3.15. The van der Waals surface area contributed by atoms with Crippen LogP contribution in [-0.4, -0.2) is 4.98 Å². The Morgan fingerprint density at radius 1 is 1.04 bits per heavy atom. The van der Waals surface area contributed by atoms with Crippen LogP contribution < -0.4 is 5.32 Å². The van der Waals surface area contributed by atoms with Gasteiger partial charge in [-0.05, 0) is 42.9 Å². The molecule has 0 aliphatic heterocycles. The predicted molar refractivity (Wildman–Crippen MR) is 105 cm³/mol. The van der Waals surface area contributed by atoms with E-state index >= 15 is 0 Å². The van der Waals surface area contributed by atoms with Gasteiger partial charge in [-0.2, -0.15) is 5.26 Å². The van der Waals surface area contributed by atoms with Crippen LogP contribution in [0.3, 0.4) is 0 Å². The fraction of sp³-hybridized carbons (Fsp3) is 0.217. The third-order valence-corrected chi connectivity index (χ3v) is 4.98. The molecule has 1 heterocycles. The molecular weight excluding hydrogens is 318 g/mol. The van der Waals surface area contributed by atoms with Crippen LogP contribution in [0.4, 0.5) is 5.82 Å². The fourth-order valence-electron chi connectivity index (χ4n) is 3.64. The molecule has 3 heteroatoms. The van der Waals surface area contributed by atoms with E-state index in [1.165, 1.54) is 16.7 Å². The number of benzene rings is 2. The molecule has 2 aromatic carbocycles. The lowest BCUT2D eigenvalue weighted by Gasteiger charge is -2.16. The highest BCUT2D eigenvalue weighted by Gasteiger charge is 2.24. The Morgan fingerprint density at radius 2 is 1.81 bits per heavy atom. The fourth-order valence-corrected chi connectivity index (χ4v) is 3.64. The summed E-state index contributed by atoms with van der Waals surface area (Å²) in [6, 6.07) is 21.1. The summed E-state index contributed by atoms with van der Waals surface area (Å²) in [5, 5.41) is 13.3. The Bertz CT molecular complexity index is 967. The number of aryl methyl sites for hydroxylation is 2. The van der Waals surface area contributed by atoms with Gasteiger partial charge in [-0.1, -0.05) is 60.2 Å². The molecule has 3 aromatic rings. The molecule has 0 unspecified atom stereocenters. The molecule has 4 rings (SSSR count). The van der Waals surface area contributed by atoms with Gasteiger partial charge in [-0.3, -0.25) is 0 Å². The van der Waals surface area contributed by atoms with Gasteiger partial charge >= 0.3 is 0 Å². The molecule has 0 saturated carbocycles. The van der Waals surface area contributed by atoms with Crippen molar-refractivity contribution in [2.75, 3.05) is 5.32 Å². The van der Waals surface area contributed by atoms with Gasteiger partial charge in [0.25, 0.3) is 0 Å². The van der Waals surface area contributed by atoms with Crippen LogP contribution in [0.25, 0.3) is 11.1 Å². The normalized spacial score (nSPS) is 12.5. The van der Waals surface area contributed by atoms with E-state index in [0.717, 1.165) is 36.1 Å². The van der Waals surface area contributed by atoms with Crippen molar-refractivity contribution in [3.8, 4) is 17.2 Å². The second-order valence-corrected chi connectivity index (χ2v) is 6.81. The Labute approximate surface area is 154 Å². The zero-order valence-corrected chi connectivity index (χ0v) is 14.9. The second kappa shape index (κ2) is 7.01. The molecule has 0 bridgehead atoms. The van der Waals surface area contributed by atoms with Gasteiger partial charge in [-0.15, -0.1) is 0 Å². The summed E-state index contributed by atoms with van der Waals surface area (Å²) >= 11 is 0. The minimum absolute atomic E-state index is 0.658. The molecular formula is C23H21N3. The average molecular weight is 339 g/mol. The van der Waals surface area contributed by atoms with Crippen molar-refractivity contribution in [2.45, 2.75) is 32.7 Å². The van der Waals surface area contributed by atoms with Gasteiger partial charge in [0.1, 0.15) is 17.5 Å². The minimum atomic E-state index is 0.658. The molecule has 0 atom stereocenters. The number of fused-ring (bicyclic) bond motifs is 1. The number of hydrogen-bond donors (Lipinski definition) is 1. The van der Waals surface area contributed by atoms with E-state index in [9.17, 15) is 5.26 Å². The van der Waals surface area contributed by atoms with Crippen molar-refractivity contribution in [3.63, 3.8) is 0 Å². The van der Waals surface area contributed by atoms with Crippen LogP contribution in [0, 0.1) is 18.3 Å².